The standard InChI is InChI=1S/C22H21N3O3/c1-15(26)24-12-18-13-25(21(27)28-18)17-7-8-20(22(14-23)9-10-22)19(11-17)16-5-3-2-4-6-16/h2-8,11,18H,9-10,12-13H2,1H3,(H,24,26)/t18-/m0/s1. The number of hydrogen-bond donors (Lipinski definition) is 1. The molecule has 2 aromatic rings. The number of carbonyl (C=O) groups is 2. The lowest BCUT2D eigenvalue weighted by molar-refractivity contribution is -0.119. The summed E-state index contributed by atoms with van der Waals surface area (Å²) in [6.45, 7) is 2.09. The highest BCUT2D eigenvalue weighted by atomic mass is 16.6. The smallest absolute Gasteiger partial charge is 0.414 e. The van der Waals surface area contributed by atoms with E-state index in [-0.39, 0.29) is 12.0 Å². The van der Waals surface area contributed by atoms with Gasteiger partial charge in [0.15, 0.2) is 0 Å². The van der Waals surface area contributed by atoms with Crippen molar-refractivity contribution in [3.8, 4) is 17.2 Å². The van der Waals surface area contributed by atoms with Gasteiger partial charge in [-0.3, -0.25) is 9.69 Å². The van der Waals surface area contributed by atoms with E-state index in [0.29, 0.717) is 13.1 Å². The normalized spacial score (nSPS) is 19.6. The number of benzene rings is 2. The van der Waals surface area contributed by atoms with Gasteiger partial charge in [-0.25, -0.2) is 4.79 Å². The molecule has 1 N–H and O–H groups in total. The Morgan fingerprint density at radius 3 is 2.68 bits per heavy atom. The number of carbonyl (C=O) groups excluding carboxylic acids is 2. The molecule has 1 aliphatic carbocycles. The topological polar surface area (TPSA) is 82.4 Å². The predicted octanol–water partition coefficient (Wildman–Crippen LogP) is 3.37. The van der Waals surface area contributed by atoms with Gasteiger partial charge in [0.05, 0.1) is 24.6 Å². The minimum Gasteiger partial charge on any atom is -0.442 e. The van der Waals surface area contributed by atoms with Crippen molar-refractivity contribution >= 4 is 17.7 Å². The van der Waals surface area contributed by atoms with Crippen LogP contribution in [0.1, 0.15) is 25.3 Å². The van der Waals surface area contributed by atoms with E-state index in [9.17, 15) is 14.9 Å². The van der Waals surface area contributed by atoms with Gasteiger partial charge in [0.2, 0.25) is 5.91 Å². The third kappa shape index (κ3) is 3.31. The summed E-state index contributed by atoms with van der Waals surface area (Å²) < 4.78 is 5.38. The second-order valence-electron chi connectivity index (χ2n) is 7.34. The largest absolute Gasteiger partial charge is 0.442 e. The first kappa shape index (κ1) is 18.1. The molecule has 6 nitrogen and oxygen atoms in total. The van der Waals surface area contributed by atoms with Gasteiger partial charge in [0.1, 0.15) is 6.10 Å². The number of ether oxygens (including phenoxy) is 1. The molecule has 0 bridgehead atoms. The number of nitrogens with one attached hydrogen (secondary N) is 1. The molecular formula is C22H21N3O3. The van der Waals surface area contributed by atoms with Crippen molar-refractivity contribution in [2.75, 3.05) is 18.0 Å². The Morgan fingerprint density at radius 1 is 1.29 bits per heavy atom. The third-order valence-corrected chi connectivity index (χ3v) is 5.33. The number of hydrogen-bond acceptors (Lipinski definition) is 4. The van der Waals surface area contributed by atoms with Gasteiger partial charge in [-0.1, -0.05) is 36.4 Å². The molecule has 0 unspecified atom stereocenters. The van der Waals surface area contributed by atoms with E-state index >= 15 is 0 Å². The summed E-state index contributed by atoms with van der Waals surface area (Å²) in [7, 11) is 0. The van der Waals surface area contributed by atoms with Gasteiger partial charge in [0.25, 0.3) is 0 Å². The molecule has 28 heavy (non-hydrogen) atoms. The van der Waals surface area contributed by atoms with Crippen molar-refractivity contribution in [3.05, 3.63) is 54.1 Å². The molecule has 0 spiro atoms. The number of nitrogens with zero attached hydrogens (tertiary/aromatic N) is 2. The van der Waals surface area contributed by atoms with Crippen molar-refractivity contribution in [1.29, 1.82) is 5.26 Å². The molecular weight excluding hydrogens is 354 g/mol. The Labute approximate surface area is 163 Å². The molecule has 2 aliphatic rings. The Hall–Kier alpha value is -3.33. The van der Waals surface area contributed by atoms with E-state index in [1.165, 1.54) is 6.92 Å². The second-order valence-corrected chi connectivity index (χ2v) is 7.34. The highest BCUT2D eigenvalue weighted by Gasteiger charge is 2.46. The van der Waals surface area contributed by atoms with Crippen LogP contribution < -0.4 is 10.2 Å². The minimum atomic E-state index is -0.427. The number of anilines is 1. The zero-order chi connectivity index (χ0) is 19.7. The van der Waals surface area contributed by atoms with Crippen molar-refractivity contribution in [1.82, 2.24) is 5.32 Å². The summed E-state index contributed by atoms with van der Waals surface area (Å²) >= 11 is 0. The zero-order valence-corrected chi connectivity index (χ0v) is 15.6. The van der Waals surface area contributed by atoms with E-state index in [1.54, 1.807) is 4.90 Å². The first-order chi connectivity index (χ1) is 13.5. The second kappa shape index (κ2) is 7.01. The molecule has 1 saturated heterocycles. The molecule has 142 valence electrons. The lowest BCUT2D eigenvalue weighted by Gasteiger charge is -2.19. The summed E-state index contributed by atoms with van der Waals surface area (Å²) in [5.74, 6) is -0.156. The van der Waals surface area contributed by atoms with E-state index in [2.05, 4.69) is 11.4 Å². The average Bonchev–Trinajstić information content (AvgIpc) is 3.42. The monoisotopic (exact) mass is 375 g/mol. The van der Waals surface area contributed by atoms with Crippen LogP contribution in [0.15, 0.2) is 48.5 Å². The van der Waals surface area contributed by atoms with E-state index in [0.717, 1.165) is 35.2 Å². The van der Waals surface area contributed by atoms with Crippen molar-refractivity contribution < 1.29 is 14.3 Å². The number of cyclic esters (lactones) is 1. The van der Waals surface area contributed by atoms with Gasteiger partial charge in [-0.05, 0) is 41.7 Å². The first-order valence-corrected chi connectivity index (χ1v) is 9.36. The maximum absolute atomic E-state index is 12.4. The van der Waals surface area contributed by atoms with Crippen LogP contribution in [0.4, 0.5) is 10.5 Å². The SMILES string of the molecule is CC(=O)NC[C@H]1CN(c2ccc(C3(C#N)CC3)c(-c3ccccc3)c2)C(=O)O1. The summed E-state index contributed by atoms with van der Waals surface area (Å²) in [6.07, 6.45) is 0.897. The maximum Gasteiger partial charge on any atom is 0.414 e. The van der Waals surface area contributed by atoms with Crippen molar-refractivity contribution in [3.63, 3.8) is 0 Å². The van der Waals surface area contributed by atoms with Crippen LogP contribution >= 0.6 is 0 Å². The molecule has 2 amide bonds. The molecule has 0 radical (unpaired) electrons. The zero-order valence-electron chi connectivity index (χ0n) is 15.6. The Bertz CT molecular complexity index is 961. The van der Waals surface area contributed by atoms with Crippen LogP contribution in [0.25, 0.3) is 11.1 Å². The number of nitriles is 1. The Kier molecular flexibility index (Phi) is 4.52. The van der Waals surface area contributed by atoms with Crippen LogP contribution in [0.2, 0.25) is 0 Å². The fourth-order valence-electron chi connectivity index (χ4n) is 3.64. The molecule has 1 atom stereocenters. The summed E-state index contributed by atoms with van der Waals surface area (Å²) in [5.41, 5.74) is 3.29. The molecule has 2 fully saturated rings. The number of rotatable bonds is 5. The third-order valence-electron chi connectivity index (χ3n) is 5.33. The van der Waals surface area contributed by atoms with Gasteiger partial charge < -0.3 is 10.1 Å². The van der Waals surface area contributed by atoms with Crippen LogP contribution in [-0.2, 0) is 14.9 Å². The molecule has 1 saturated carbocycles. The van der Waals surface area contributed by atoms with Crippen molar-refractivity contribution in [2.45, 2.75) is 31.3 Å². The van der Waals surface area contributed by atoms with Crippen LogP contribution in [0, 0.1) is 11.3 Å². The van der Waals surface area contributed by atoms with E-state index in [4.69, 9.17) is 4.74 Å². The Morgan fingerprint density at radius 2 is 2.04 bits per heavy atom. The lowest BCUT2D eigenvalue weighted by atomic mass is 9.88. The molecule has 4 rings (SSSR count). The predicted molar refractivity (Wildman–Crippen MR) is 105 cm³/mol. The van der Waals surface area contributed by atoms with Gasteiger partial charge in [0, 0.05) is 12.6 Å². The molecule has 6 heteroatoms. The van der Waals surface area contributed by atoms with E-state index in [1.807, 2.05) is 48.5 Å². The molecule has 1 aliphatic heterocycles. The lowest BCUT2D eigenvalue weighted by Crippen LogP contribution is -2.33. The summed E-state index contributed by atoms with van der Waals surface area (Å²) in [5, 5.41) is 12.4. The maximum atomic E-state index is 12.4. The van der Waals surface area contributed by atoms with Crippen LogP contribution in [0.3, 0.4) is 0 Å². The minimum absolute atomic E-state index is 0.156. The molecule has 1 heterocycles. The van der Waals surface area contributed by atoms with Crippen LogP contribution in [0.5, 0.6) is 0 Å². The molecule has 2 aromatic carbocycles. The summed E-state index contributed by atoms with van der Waals surface area (Å²) in [6, 6.07) is 18.2. The fraction of sp³-hybridized carbons (Fsp3) is 0.318. The van der Waals surface area contributed by atoms with E-state index < -0.39 is 11.5 Å². The fourth-order valence-corrected chi connectivity index (χ4v) is 3.64. The highest BCUT2D eigenvalue weighted by Crippen LogP contribution is 2.51. The first-order valence-electron chi connectivity index (χ1n) is 9.36. The quantitative estimate of drug-likeness (QED) is 0.869. The average molecular weight is 375 g/mol. The van der Waals surface area contributed by atoms with Crippen molar-refractivity contribution in [2.24, 2.45) is 0 Å². The number of amides is 2. The molecule has 0 aromatic heterocycles. The van der Waals surface area contributed by atoms with Gasteiger partial charge in [-0.15, -0.1) is 0 Å². The van der Waals surface area contributed by atoms with Crippen LogP contribution in [-0.4, -0.2) is 31.2 Å². The summed E-state index contributed by atoms with van der Waals surface area (Å²) in [4.78, 5) is 25.1. The Balaban J connectivity index is 1.67. The highest BCUT2D eigenvalue weighted by molar-refractivity contribution is 5.91. The van der Waals surface area contributed by atoms with Gasteiger partial charge in [-0.2, -0.15) is 5.26 Å². The van der Waals surface area contributed by atoms with Gasteiger partial charge >= 0.3 is 6.09 Å².